The van der Waals surface area contributed by atoms with E-state index in [2.05, 4.69) is 5.32 Å². The second kappa shape index (κ2) is 4.93. The van der Waals surface area contributed by atoms with Gasteiger partial charge in [0, 0.05) is 6.42 Å². The number of carbonyl (C=O) groups excluding carboxylic acids is 1. The molecule has 0 radical (unpaired) electrons. The van der Waals surface area contributed by atoms with Crippen LogP contribution >= 0.6 is 11.6 Å². The molecule has 0 aliphatic carbocycles. The van der Waals surface area contributed by atoms with Crippen molar-refractivity contribution in [3.8, 4) is 0 Å². The summed E-state index contributed by atoms with van der Waals surface area (Å²) in [5.74, 6) is 0.0467. The van der Waals surface area contributed by atoms with E-state index in [0.29, 0.717) is 17.7 Å². The van der Waals surface area contributed by atoms with E-state index in [1.807, 2.05) is 6.92 Å². The van der Waals surface area contributed by atoms with E-state index in [0.717, 1.165) is 0 Å². The molecule has 1 saturated heterocycles. The Morgan fingerprint density at radius 3 is 2.83 bits per heavy atom. The number of halogens is 1. The zero-order valence-electron chi connectivity index (χ0n) is 9.85. The van der Waals surface area contributed by atoms with Gasteiger partial charge in [-0.25, -0.2) is 8.42 Å². The third-order valence-corrected chi connectivity index (χ3v) is 5.29. The highest BCUT2D eigenvalue weighted by Crippen LogP contribution is 2.19. The number of alkyl halides is 1. The Morgan fingerprint density at radius 2 is 2.28 bits per heavy atom. The molecule has 0 bridgehead atoms. The van der Waals surface area contributed by atoms with Gasteiger partial charge in [0.15, 0.2) is 9.84 Å². The second-order valence-electron chi connectivity index (χ2n) is 4.28. The van der Waals surface area contributed by atoms with Gasteiger partial charge in [-0.05, 0) is 6.07 Å². The molecule has 2 rings (SSSR count). The Balaban J connectivity index is 2.09. The first kappa shape index (κ1) is 13.4. The minimum absolute atomic E-state index is 0.0917. The minimum Gasteiger partial charge on any atom is -0.469 e. The molecule has 2 unspecified atom stereocenters. The van der Waals surface area contributed by atoms with Crippen LogP contribution < -0.4 is 5.32 Å². The van der Waals surface area contributed by atoms with Crippen molar-refractivity contribution in [1.82, 2.24) is 5.32 Å². The Hall–Kier alpha value is -1.01. The molecule has 1 aromatic heterocycles. The molecule has 1 aromatic rings. The molecule has 1 fully saturated rings. The largest absolute Gasteiger partial charge is 0.469 e. The van der Waals surface area contributed by atoms with Gasteiger partial charge in [-0.15, -0.1) is 11.6 Å². The van der Waals surface area contributed by atoms with Gasteiger partial charge in [0.25, 0.3) is 5.91 Å². The molecule has 100 valence electrons. The van der Waals surface area contributed by atoms with Gasteiger partial charge in [0.2, 0.25) is 0 Å². The van der Waals surface area contributed by atoms with E-state index in [1.165, 1.54) is 6.26 Å². The van der Waals surface area contributed by atoms with Crippen molar-refractivity contribution in [3.05, 3.63) is 23.7 Å². The number of furan rings is 1. The van der Waals surface area contributed by atoms with E-state index in [9.17, 15) is 13.2 Å². The third kappa shape index (κ3) is 2.70. The van der Waals surface area contributed by atoms with E-state index in [4.69, 9.17) is 16.0 Å². The van der Waals surface area contributed by atoms with Crippen LogP contribution in [0.4, 0.5) is 0 Å². The molecule has 0 spiro atoms. The standard InChI is InChI=1S/C11H14ClNO4S/c1-2-10-7(3-4-17-10)11(14)13-9-6-18(15,16)5-8(9)12/h3-4,8-9H,2,5-6H2,1H3,(H,13,14). The smallest absolute Gasteiger partial charge is 0.255 e. The Labute approximate surface area is 110 Å². The fourth-order valence-corrected chi connectivity index (χ4v) is 4.55. The number of nitrogens with one attached hydrogen (secondary N) is 1. The molecule has 0 aromatic carbocycles. The normalized spacial score (nSPS) is 26.1. The van der Waals surface area contributed by atoms with Crippen molar-refractivity contribution < 1.29 is 17.6 Å². The number of rotatable bonds is 3. The summed E-state index contributed by atoms with van der Waals surface area (Å²) in [7, 11) is -3.14. The quantitative estimate of drug-likeness (QED) is 0.842. The summed E-state index contributed by atoms with van der Waals surface area (Å²) < 4.78 is 27.9. The van der Waals surface area contributed by atoms with E-state index in [-0.39, 0.29) is 17.4 Å². The highest BCUT2D eigenvalue weighted by molar-refractivity contribution is 7.91. The van der Waals surface area contributed by atoms with Gasteiger partial charge >= 0.3 is 0 Å². The number of hydrogen-bond donors (Lipinski definition) is 1. The van der Waals surface area contributed by atoms with Crippen molar-refractivity contribution in [1.29, 1.82) is 0 Å². The van der Waals surface area contributed by atoms with Gasteiger partial charge in [-0.1, -0.05) is 6.92 Å². The van der Waals surface area contributed by atoms with Crippen molar-refractivity contribution in [2.75, 3.05) is 11.5 Å². The van der Waals surface area contributed by atoms with Gasteiger partial charge in [0.05, 0.1) is 34.8 Å². The molecule has 0 saturated carbocycles. The third-order valence-electron chi connectivity index (χ3n) is 2.91. The summed E-state index contributed by atoms with van der Waals surface area (Å²) in [5.41, 5.74) is 0.436. The van der Waals surface area contributed by atoms with Crippen LogP contribution in [0.2, 0.25) is 0 Å². The molecule has 5 nitrogen and oxygen atoms in total. The fourth-order valence-electron chi connectivity index (χ4n) is 2.00. The molecule has 18 heavy (non-hydrogen) atoms. The molecule has 1 aliphatic rings. The first-order valence-corrected chi connectivity index (χ1v) is 7.90. The predicted molar refractivity (Wildman–Crippen MR) is 67.6 cm³/mol. The first-order chi connectivity index (χ1) is 8.43. The molecule has 1 amide bonds. The summed E-state index contributed by atoms with van der Waals surface area (Å²) in [4.78, 5) is 12.0. The van der Waals surface area contributed by atoms with Crippen molar-refractivity contribution in [3.63, 3.8) is 0 Å². The maximum atomic E-state index is 12.0. The summed E-state index contributed by atoms with van der Waals surface area (Å²) >= 11 is 5.92. The highest BCUT2D eigenvalue weighted by Gasteiger charge is 2.37. The lowest BCUT2D eigenvalue weighted by Crippen LogP contribution is -2.40. The average molecular weight is 292 g/mol. The number of aryl methyl sites for hydroxylation is 1. The minimum atomic E-state index is -3.14. The van der Waals surface area contributed by atoms with Crippen molar-refractivity contribution in [2.24, 2.45) is 0 Å². The van der Waals surface area contributed by atoms with Crippen LogP contribution in [0, 0.1) is 0 Å². The fraction of sp³-hybridized carbons (Fsp3) is 0.545. The molecule has 7 heteroatoms. The van der Waals surface area contributed by atoms with Gasteiger partial charge in [0.1, 0.15) is 5.76 Å². The van der Waals surface area contributed by atoms with Gasteiger partial charge < -0.3 is 9.73 Å². The van der Waals surface area contributed by atoms with Gasteiger partial charge in [-0.3, -0.25) is 4.79 Å². The summed E-state index contributed by atoms with van der Waals surface area (Å²) in [6.07, 6.45) is 2.04. The van der Waals surface area contributed by atoms with Crippen molar-refractivity contribution >= 4 is 27.3 Å². The molecule has 2 atom stereocenters. The summed E-state index contributed by atoms with van der Waals surface area (Å²) in [6.45, 7) is 1.87. The van der Waals surface area contributed by atoms with Crippen LogP contribution in [0.1, 0.15) is 23.0 Å². The Morgan fingerprint density at radius 1 is 1.56 bits per heavy atom. The zero-order valence-corrected chi connectivity index (χ0v) is 11.4. The van der Waals surface area contributed by atoms with Crippen LogP contribution in [0.5, 0.6) is 0 Å². The lowest BCUT2D eigenvalue weighted by molar-refractivity contribution is 0.0939. The molecule has 1 aliphatic heterocycles. The number of carbonyl (C=O) groups is 1. The highest BCUT2D eigenvalue weighted by atomic mass is 35.5. The Bertz CT molecular complexity index is 551. The summed E-state index contributed by atoms with van der Waals surface area (Å²) in [6, 6.07) is 1.03. The molecular formula is C11H14ClNO4S. The zero-order chi connectivity index (χ0) is 13.3. The second-order valence-corrected chi connectivity index (χ2v) is 7.00. The predicted octanol–water partition coefficient (Wildman–Crippen LogP) is 0.976. The lowest BCUT2D eigenvalue weighted by Gasteiger charge is -2.13. The number of amides is 1. The van der Waals surface area contributed by atoms with E-state index < -0.39 is 21.3 Å². The summed E-state index contributed by atoms with van der Waals surface area (Å²) in [5, 5.41) is 2.08. The maximum Gasteiger partial charge on any atom is 0.255 e. The molecule has 2 heterocycles. The molecule has 1 N–H and O–H groups in total. The van der Waals surface area contributed by atoms with Crippen LogP contribution in [-0.2, 0) is 16.3 Å². The monoisotopic (exact) mass is 291 g/mol. The van der Waals surface area contributed by atoms with Crippen LogP contribution in [-0.4, -0.2) is 37.2 Å². The van der Waals surface area contributed by atoms with Crippen molar-refractivity contribution in [2.45, 2.75) is 24.8 Å². The number of hydrogen-bond acceptors (Lipinski definition) is 4. The Kier molecular flexibility index (Phi) is 3.68. The topological polar surface area (TPSA) is 76.4 Å². The van der Waals surface area contributed by atoms with Crippen LogP contribution in [0.15, 0.2) is 16.7 Å². The molecular weight excluding hydrogens is 278 g/mol. The van der Waals surface area contributed by atoms with Gasteiger partial charge in [-0.2, -0.15) is 0 Å². The SMILES string of the molecule is CCc1occc1C(=O)NC1CS(=O)(=O)CC1Cl. The van der Waals surface area contributed by atoms with E-state index >= 15 is 0 Å². The lowest BCUT2D eigenvalue weighted by atomic mass is 10.2. The average Bonchev–Trinajstić information content (AvgIpc) is 2.83. The first-order valence-electron chi connectivity index (χ1n) is 5.64. The van der Waals surface area contributed by atoms with Crippen LogP contribution in [0.25, 0.3) is 0 Å². The van der Waals surface area contributed by atoms with Crippen LogP contribution in [0.3, 0.4) is 0 Å². The number of sulfone groups is 1. The maximum absolute atomic E-state index is 12.0. The van der Waals surface area contributed by atoms with E-state index in [1.54, 1.807) is 6.07 Å².